The SMILES string of the molecule is CC(C)(C)OC(=O)NCC(=S)Nc1cccc(N)c1. The van der Waals surface area contributed by atoms with Crippen molar-refractivity contribution >= 4 is 34.7 Å². The molecule has 0 atom stereocenters. The van der Waals surface area contributed by atoms with Gasteiger partial charge in [0, 0.05) is 11.4 Å². The van der Waals surface area contributed by atoms with Crippen molar-refractivity contribution in [2.75, 3.05) is 17.6 Å². The fraction of sp³-hybridized carbons (Fsp3) is 0.385. The highest BCUT2D eigenvalue weighted by Crippen LogP contribution is 2.11. The van der Waals surface area contributed by atoms with Crippen molar-refractivity contribution in [3.63, 3.8) is 0 Å². The Kier molecular flexibility index (Phi) is 5.11. The van der Waals surface area contributed by atoms with E-state index in [1.165, 1.54) is 0 Å². The molecule has 0 aromatic heterocycles. The van der Waals surface area contributed by atoms with E-state index in [2.05, 4.69) is 10.6 Å². The van der Waals surface area contributed by atoms with E-state index in [9.17, 15) is 4.79 Å². The lowest BCUT2D eigenvalue weighted by atomic mass is 10.2. The third kappa shape index (κ3) is 6.61. The third-order valence-corrected chi connectivity index (χ3v) is 2.21. The topological polar surface area (TPSA) is 76.4 Å². The van der Waals surface area contributed by atoms with Crippen LogP contribution in [0.1, 0.15) is 20.8 Å². The van der Waals surface area contributed by atoms with E-state index in [1.54, 1.807) is 32.9 Å². The second-order valence-corrected chi connectivity index (χ2v) is 5.52. The molecule has 0 radical (unpaired) electrons. The largest absolute Gasteiger partial charge is 0.444 e. The van der Waals surface area contributed by atoms with Crippen molar-refractivity contribution in [2.45, 2.75) is 26.4 Å². The van der Waals surface area contributed by atoms with Crippen LogP contribution in [0.25, 0.3) is 0 Å². The monoisotopic (exact) mass is 281 g/mol. The summed E-state index contributed by atoms with van der Waals surface area (Å²) in [7, 11) is 0. The molecule has 0 unspecified atom stereocenters. The van der Waals surface area contributed by atoms with Crippen LogP contribution in [0.5, 0.6) is 0 Å². The van der Waals surface area contributed by atoms with E-state index >= 15 is 0 Å². The van der Waals surface area contributed by atoms with Gasteiger partial charge in [0.15, 0.2) is 0 Å². The number of ether oxygens (including phenoxy) is 1. The number of hydrogen-bond donors (Lipinski definition) is 3. The molecule has 1 aromatic carbocycles. The second-order valence-electron chi connectivity index (χ2n) is 5.03. The summed E-state index contributed by atoms with van der Waals surface area (Å²) in [6, 6.07) is 7.21. The number of rotatable bonds is 3. The van der Waals surface area contributed by atoms with Gasteiger partial charge in [-0.15, -0.1) is 0 Å². The van der Waals surface area contributed by atoms with Crippen molar-refractivity contribution in [2.24, 2.45) is 0 Å². The van der Waals surface area contributed by atoms with Crippen LogP contribution >= 0.6 is 12.2 Å². The van der Waals surface area contributed by atoms with Crippen LogP contribution in [0.2, 0.25) is 0 Å². The molecule has 104 valence electrons. The maximum absolute atomic E-state index is 11.4. The molecule has 6 heteroatoms. The summed E-state index contributed by atoms with van der Waals surface area (Å²) in [6.07, 6.45) is -0.496. The van der Waals surface area contributed by atoms with Crippen molar-refractivity contribution in [1.29, 1.82) is 0 Å². The Hall–Kier alpha value is -1.82. The van der Waals surface area contributed by atoms with E-state index < -0.39 is 11.7 Å². The van der Waals surface area contributed by atoms with Crippen LogP contribution in [0.4, 0.5) is 16.2 Å². The number of amides is 1. The lowest BCUT2D eigenvalue weighted by Crippen LogP contribution is -2.36. The summed E-state index contributed by atoms with van der Waals surface area (Å²) in [5, 5.41) is 5.56. The summed E-state index contributed by atoms with van der Waals surface area (Å²) < 4.78 is 5.10. The molecule has 4 N–H and O–H groups in total. The lowest BCUT2D eigenvalue weighted by molar-refractivity contribution is 0.0536. The number of carbonyl (C=O) groups is 1. The average Bonchev–Trinajstić information content (AvgIpc) is 2.24. The van der Waals surface area contributed by atoms with Crippen LogP contribution in [-0.2, 0) is 4.74 Å². The van der Waals surface area contributed by atoms with Crippen LogP contribution < -0.4 is 16.4 Å². The van der Waals surface area contributed by atoms with Gasteiger partial charge in [0.2, 0.25) is 0 Å². The maximum Gasteiger partial charge on any atom is 0.408 e. The van der Waals surface area contributed by atoms with Gasteiger partial charge >= 0.3 is 6.09 Å². The van der Waals surface area contributed by atoms with Crippen LogP contribution in [0, 0.1) is 0 Å². The summed E-state index contributed by atoms with van der Waals surface area (Å²) in [6.45, 7) is 5.61. The first-order chi connectivity index (χ1) is 8.76. The Bertz CT molecular complexity index is 469. The van der Waals surface area contributed by atoms with E-state index in [0.717, 1.165) is 5.69 Å². The molecule has 5 nitrogen and oxygen atoms in total. The molecule has 1 amide bonds. The smallest absolute Gasteiger partial charge is 0.408 e. The third-order valence-electron chi connectivity index (χ3n) is 1.96. The van der Waals surface area contributed by atoms with E-state index in [4.69, 9.17) is 22.7 Å². The molecule has 0 saturated heterocycles. The average molecular weight is 281 g/mol. The number of nitrogens with two attached hydrogens (primary N) is 1. The van der Waals surface area contributed by atoms with Crippen molar-refractivity contribution in [3.05, 3.63) is 24.3 Å². The molecule has 0 aliphatic heterocycles. The zero-order valence-electron chi connectivity index (χ0n) is 11.3. The van der Waals surface area contributed by atoms with Crippen molar-refractivity contribution < 1.29 is 9.53 Å². The second kappa shape index (κ2) is 6.38. The van der Waals surface area contributed by atoms with Gasteiger partial charge in [-0.1, -0.05) is 18.3 Å². The summed E-state index contributed by atoms with van der Waals surface area (Å²) >= 11 is 5.12. The number of hydrogen-bond acceptors (Lipinski definition) is 4. The highest BCUT2D eigenvalue weighted by Gasteiger charge is 2.15. The van der Waals surface area contributed by atoms with Gasteiger partial charge in [-0.2, -0.15) is 0 Å². The van der Waals surface area contributed by atoms with E-state index in [-0.39, 0.29) is 6.54 Å². The van der Waals surface area contributed by atoms with Gasteiger partial charge in [-0.05, 0) is 39.0 Å². The fourth-order valence-electron chi connectivity index (χ4n) is 1.29. The normalized spacial score (nSPS) is 10.7. The number of nitrogen functional groups attached to an aromatic ring is 1. The minimum Gasteiger partial charge on any atom is -0.444 e. The van der Waals surface area contributed by atoms with Gasteiger partial charge in [-0.3, -0.25) is 0 Å². The minimum atomic E-state index is -0.521. The molecule has 0 spiro atoms. The van der Waals surface area contributed by atoms with Crippen molar-refractivity contribution in [1.82, 2.24) is 5.32 Å². The van der Waals surface area contributed by atoms with E-state index in [1.807, 2.05) is 12.1 Å². The zero-order valence-corrected chi connectivity index (χ0v) is 12.1. The highest BCUT2D eigenvalue weighted by atomic mass is 32.1. The zero-order chi connectivity index (χ0) is 14.5. The Morgan fingerprint density at radius 2 is 2.11 bits per heavy atom. The Labute approximate surface area is 118 Å². The predicted octanol–water partition coefficient (Wildman–Crippen LogP) is 2.53. The molecule has 0 aliphatic carbocycles. The highest BCUT2D eigenvalue weighted by molar-refractivity contribution is 7.80. The summed E-state index contributed by atoms with van der Waals surface area (Å²) in [5.41, 5.74) is 6.57. The van der Waals surface area contributed by atoms with Gasteiger partial charge in [0.25, 0.3) is 0 Å². The molecule has 0 heterocycles. The molecule has 0 saturated carbocycles. The standard InChI is InChI=1S/C13H19N3O2S/c1-13(2,3)18-12(17)15-8-11(19)16-10-6-4-5-9(14)7-10/h4-7H,8,14H2,1-3H3,(H,15,17)(H,16,19). The van der Waals surface area contributed by atoms with E-state index in [0.29, 0.717) is 10.7 Å². The Balaban J connectivity index is 2.38. The minimum absolute atomic E-state index is 0.207. The summed E-state index contributed by atoms with van der Waals surface area (Å²) in [4.78, 5) is 11.9. The number of thiocarbonyl (C=S) groups is 1. The molecule has 19 heavy (non-hydrogen) atoms. The molecular weight excluding hydrogens is 262 g/mol. The molecule has 0 fully saturated rings. The first-order valence-corrected chi connectivity index (χ1v) is 6.29. The molecular formula is C13H19N3O2S. The number of carbonyl (C=O) groups excluding carboxylic acids is 1. The van der Waals surface area contributed by atoms with Crippen LogP contribution in [-0.4, -0.2) is 23.2 Å². The number of benzene rings is 1. The number of nitrogens with one attached hydrogen (secondary N) is 2. The van der Waals surface area contributed by atoms with Crippen LogP contribution in [0.15, 0.2) is 24.3 Å². The summed E-state index contributed by atoms with van der Waals surface area (Å²) in [5.74, 6) is 0. The molecule has 1 rings (SSSR count). The molecule has 1 aromatic rings. The lowest BCUT2D eigenvalue weighted by Gasteiger charge is -2.19. The quantitative estimate of drug-likeness (QED) is 0.586. The Morgan fingerprint density at radius 1 is 1.42 bits per heavy atom. The van der Waals surface area contributed by atoms with Gasteiger partial charge < -0.3 is 21.1 Å². The van der Waals surface area contributed by atoms with Gasteiger partial charge in [0.1, 0.15) is 5.60 Å². The van der Waals surface area contributed by atoms with Crippen LogP contribution in [0.3, 0.4) is 0 Å². The van der Waals surface area contributed by atoms with Gasteiger partial charge in [-0.25, -0.2) is 4.79 Å². The molecule has 0 bridgehead atoms. The maximum atomic E-state index is 11.4. The number of anilines is 2. The predicted molar refractivity (Wildman–Crippen MR) is 81.3 cm³/mol. The Morgan fingerprint density at radius 3 is 2.68 bits per heavy atom. The first kappa shape index (κ1) is 15.2. The fourth-order valence-corrected chi connectivity index (χ4v) is 1.48. The van der Waals surface area contributed by atoms with Crippen molar-refractivity contribution in [3.8, 4) is 0 Å². The number of alkyl carbamates (subject to hydrolysis) is 1. The first-order valence-electron chi connectivity index (χ1n) is 5.88. The molecule has 0 aliphatic rings. The van der Waals surface area contributed by atoms with Gasteiger partial charge in [0.05, 0.1) is 11.5 Å².